The molecule has 3 rings (SSSR count). The van der Waals surface area contributed by atoms with Crippen molar-refractivity contribution in [3.8, 4) is 5.75 Å². The number of ether oxygens (including phenoxy) is 1. The predicted molar refractivity (Wildman–Crippen MR) is 83.7 cm³/mol. The van der Waals surface area contributed by atoms with Gasteiger partial charge in [-0.25, -0.2) is 0 Å². The zero-order chi connectivity index (χ0) is 15.0. The van der Waals surface area contributed by atoms with Gasteiger partial charge in [-0.3, -0.25) is 4.79 Å². The fraction of sp³-hybridized carbons (Fsp3) is 0.556. The molecular formula is C18H24NO2. The van der Waals surface area contributed by atoms with Gasteiger partial charge in [0, 0.05) is 23.1 Å². The first-order chi connectivity index (χ1) is 10.1. The molecule has 1 radical (unpaired) electrons. The molecule has 2 aliphatic rings. The molecule has 0 saturated carbocycles. The number of fused-ring (bicyclic) bond motifs is 1. The first kappa shape index (κ1) is 14.6. The summed E-state index contributed by atoms with van der Waals surface area (Å²) in [5, 5.41) is 0. The lowest BCUT2D eigenvalue weighted by Crippen LogP contribution is -2.44. The number of carbonyl (C=O) groups is 1. The maximum absolute atomic E-state index is 12.9. The Labute approximate surface area is 127 Å². The standard InChI is InChI=1S/C18H24NO2/c1-13(2)12-19-9-7-18(8-10-19)11-15-14(17(18)20)5-4-6-16(15)21-3/h4-6H,7-12H2,1-3H3. The third kappa shape index (κ3) is 2.48. The average Bonchev–Trinajstić information content (AvgIpc) is 2.74. The lowest BCUT2D eigenvalue weighted by Gasteiger charge is -2.38. The van der Waals surface area contributed by atoms with Crippen molar-refractivity contribution >= 4 is 5.78 Å². The van der Waals surface area contributed by atoms with Crippen LogP contribution in [-0.4, -0.2) is 37.4 Å². The van der Waals surface area contributed by atoms with Crippen LogP contribution in [0.5, 0.6) is 5.75 Å². The van der Waals surface area contributed by atoms with E-state index in [0.717, 1.165) is 55.8 Å². The molecule has 1 aliphatic heterocycles. The molecule has 1 heterocycles. The Morgan fingerprint density at radius 1 is 1.29 bits per heavy atom. The monoisotopic (exact) mass is 286 g/mol. The van der Waals surface area contributed by atoms with Gasteiger partial charge in [0.2, 0.25) is 0 Å². The van der Waals surface area contributed by atoms with Crippen LogP contribution in [0.3, 0.4) is 0 Å². The first-order valence-electron chi connectivity index (χ1n) is 7.78. The van der Waals surface area contributed by atoms with Crippen molar-refractivity contribution in [1.29, 1.82) is 0 Å². The molecule has 0 atom stereocenters. The lowest BCUT2D eigenvalue weighted by molar-refractivity contribution is 0.0642. The van der Waals surface area contributed by atoms with E-state index in [0.29, 0.717) is 5.78 Å². The largest absolute Gasteiger partial charge is 0.496 e. The number of likely N-dealkylation sites (tertiary alicyclic amines) is 1. The molecule has 0 bridgehead atoms. The van der Waals surface area contributed by atoms with Crippen LogP contribution in [0.1, 0.15) is 42.6 Å². The molecule has 1 spiro atoms. The fourth-order valence-electron chi connectivity index (χ4n) is 3.85. The lowest BCUT2D eigenvalue weighted by atomic mass is 9.75. The summed E-state index contributed by atoms with van der Waals surface area (Å²) in [4.78, 5) is 15.4. The summed E-state index contributed by atoms with van der Waals surface area (Å²) in [6.07, 6.45) is 2.79. The number of hydrogen-bond acceptors (Lipinski definition) is 3. The Hall–Kier alpha value is -1.35. The van der Waals surface area contributed by atoms with Crippen LogP contribution in [0.15, 0.2) is 18.2 Å². The van der Waals surface area contributed by atoms with Gasteiger partial charge in [-0.05, 0) is 44.3 Å². The molecule has 1 aromatic rings. The number of carbonyl (C=O) groups excluding carboxylic acids is 1. The summed E-state index contributed by atoms with van der Waals surface area (Å²) < 4.78 is 5.45. The topological polar surface area (TPSA) is 29.5 Å². The molecule has 0 amide bonds. The van der Waals surface area contributed by atoms with E-state index in [9.17, 15) is 4.79 Å². The van der Waals surface area contributed by atoms with Crippen LogP contribution in [0.4, 0.5) is 0 Å². The number of ketones is 1. The van der Waals surface area contributed by atoms with Crippen molar-refractivity contribution in [2.75, 3.05) is 26.7 Å². The van der Waals surface area contributed by atoms with E-state index in [1.54, 1.807) is 7.11 Å². The summed E-state index contributed by atoms with van der Waals surface area (Å²) in [6, 6.07) is 5.86. The van der Waals surface area contributed by atoms with Crippen LogP contribution < -0.4 is 4.74 Å². The molecule has 1 aromatic carbocycles. The van der Waals surface area contributed by atoms with Crippen LogP contribution in [-0.2, 0) is 6.42 Å². The summed E-state index contributed by atoms with van der Waals surface area (Å²) in [5.41, 5.74) is 1.84. The van der Waals surface area contributed by atoms with Crippen molar-refractivity contribution in [2.45, 2.75) is 33.1 Å². The average molecular weight is 286 g/mol. The Morgan fingerprint density at radius 3 is 2.62 bits per heavy atom. The molecule has 0 aromatic heterocycles. The maximum atomic E-state index is 12.9. The van der Waals surface area contributed by atoms with E-state index < -0.39 is 0 Å². The third-order valence-electron chi connectivity index (χ3n) is 4.95. The van der Waals surface area contributed by atoms with Crippen LogP contribution in [0.25, 0.3) is 0 Å². The van der Waals surface area contributed by atoms with Crippen molar-refractivity contribution in [3.05, 3.63) is 35.2 Å². The quantitative estimate of drug-likeness (QED) is 0.855. The summed E-state index contributed by atoms with van der Waals surface area (Å²) in [7, 11) is 1.69. The van der Waals surface area contributed by atoms with Gasteiger partial charge < -0.3 is 9.64 Å². The smallest absolute Gasteiger partial charge is 0.169 e. The summed E-state index contributed by atoms with van der Waals surface area (Å²) in [5.74, 6) is 2.65. The van der Waals surface area contributed by atoms with E-state index in [-0.39, 0.29) is 5.41 Å². The van der Waals surface area contributed by atoms with Gasteiger partial charge in [0.05, 0.1) is 7.11 Å². The minimum Gasteiger partial charge on any atom is -0.496 e. The minimum absolute atomic E-state index is 0.172. The number of piperidine rings is 1. The molecule has 0 N–H and O–H groups in total. The first-order valence-corrected chi connectivity index (χ1v) is 7.78. The van der Waals surface area contributed by atoms with Gasteiger partial charge in [-0.15, -0.1) is 0 Å². The Balaban J connectivity index is 1.79. The van der Waals surface area contributed by atoms with Gasteiger partial charge >= 0.3 is 0 Å². The van der Waals surface area contributed by atoms with E-state index in [2.05, 4.69) is 18.7 Å². The van der Waals surface area contributed by atoms with Crippen LogP contribution >= 0.6 is 0 Å². The molecule has 21 heavy (non-hydrogen) atoms. The summed E-state index contributed by atoms with van der Waals surface area (Å²) >= 11 is 0. The number of rotatable bonds is 3. The highest BCUT2D eigenvalue weighted by molar-refractivity contribution is 6.05. The Bertz CT molecular complexity index is 542. The molecule has 3 heteroatoms. The molecule has 0 unspecified atom stereocenters. The van der Waals surface area contributed by atoms with Crippen LogP contribution in [0.2, 0.25) is 0 Å². The SMILES string of the molecule is COc1cccc2c1CC1(CCN(C[C](C)C)CC1)C2=O. The second kappa shape index (κ2) is 5.45. The van der Waals surface area contributed by atoms with E-state index >= 15 is 0 Å². The van der Waals surface area contributed by atoms with Gasteiger partial charge in [-0.1, -0.05) is 26.0 Å². The molecular weight excluding hydrogens is 262 g/mol. The molecule has 1 aliphatic carbocycles. The van der Waals surface area contributed by atoms with Gasteiger partial charge in [0.25, 0.3) is 0 Å². The summed E-state index contributed by atoms with van der Waals surface area (Å²) in [6.45, 7) is 7.44. The highest BCUT2D eigenvalue weighted by Gasteiger charge is 2.47. The van der Waals surface area contributed by atoms with Gasteiger partial charge in [-0.2, -0.15) is 0 Å². The molecule has 1 saturated heterocycles. The van der Waals surface area contributed by atoms with E-state index in [1.807, 2.05) is 18.2 Å². The number of benzene rings is 1. The number of Topliss-reactive ketones (excluding diaryl/α,β-unsaturated/α-hetero) is 1. The minimum atomic E-state index is -0.172. The van der Waals surface area contributed by atoms with Crippen molar-refractivity contribution in [1.82, 2.24) is 4.90 Å². The van der Waals surface area contributed by atoms with Crippen molar-refractivity contribution in [2.24, 2.45) is 5.41 Å². The highest BCUT2D eigenvalue weighted by atomic mass is 16.5. The second-order valence-corrected chi connectivity index (χ2v) is 6.76. The number of nitrogens with zero attached hydrogens (tertiary/aromatic N) is 1. The van der Waals surface area contributed by atoms with Gasteiger partial charge in [0.1, 0.15) is 5.75 Å². The molecule has 3 nitrogen and oxygen atoms in total. The Morgan fingerprint density at radius 2 is 2.00 bits per heavy atom. The molecule has 113 valence electrons. The number of methoxy groups -OCH3 is 1. The van der Waals surface area contributed by atoms with Gasteiger partial charge in [0.15, 0.2) is 5.78 Å². The predicted octanol–water partition coefficient (Wildman–Crippen LogP) is 3.13. The number of hydrogen-bond donors (Lipinski definition) is 0. The zero-order valence-electron chi connectivity index (χ0n) is 13.2. The second-order valence-electron chi connectivity index (χ2n) is 6.76. The maximum Gasteiger partial charge on any atom is 0.169 e. The molecule has 1 fully saturated rings. The van der Waals surface area contributed by atoms with Crippen LogP contribution in [0, 0.1) is 11.3 Å². The zero-order valence-corrected chi connectivity index (χ0v) is 13.2. The van der Waals surface area contributed by atoms with Crippen molar-refractivity contribution in [3.63, 3.8) is 0 Å². The third-order valence-corrected chi connectivity index (χ3v) is 4.95. The normalized spacial score (nSPS) is 21.0. The Kier molecular flexibility index (Phi) is 3.78. The van der Waals surface area contributed by atoms with E-state index in [4.69, 9.17) is 4.74 Å². The highest BCUT2D eigenvalue weighted by Crippen LogP contribution is 2.47. The van der Waals surface area contributed by atoms with Crippen molar-refractivity contribution < 1.29 is 9.53 Å². The van der Waals surface area contributed by atoms with E-state index in [1.165, 1.54) is 5.92 Å². The fourth-order valence-corrected chi connectivity index (χ4v) is 3.85.